The molecule has 2 aromatic heterocycles. The highest BCUT2D eigenvalue weighted by molar-refractivity contribution is 5.65. The average molecular weight is 303 g/mol. The van der Waals surface area contributed by atoms with Gasteiger partial charge in [0.2, 0.25) is 11.7 Å². The van der Waals surface area contributed by atoms with Gasteiger partial charge < -0.3 is 19.8 Å². The van der Waals surface area contributed by atoms with E-state index in [-0.39, 0.29) is 6.04 Å². The number of nitrogens with zero attached hydrogens (tertiary/aromatic N) is 4. The second kappa shape index (κ2) is 6.52. The molecule has 0 radical (unpaired) electrons. The van der Waals surface area contributed by atoms with Gasteiger partial charge in [0, 0.05) is 37.1 Å². The fourth-order valence-corrected chi connectivity index (χ4v) is 2.45. The summed E-state index contributed by atoms with van der Waals surface area (Å²) in [4.78, 5) is 20.6. The number of amides is 1. The van der Waals surface area contributed by atoms with Gasteiger partial charge in [-0.15, -0.1) is 0 Å². The van der Waals surface area contributed by atoms with E-state index >= 15 is 0 Å². The number of likely N-dealkylation sites (tertiary alicyclic amines) is 1. The summed E-state index contributed by atoms with van der Waals surface area (Å²) < 4.78 is 5.22. The van der Waals surface area contributed by atoms with Crippen LogP contribution in [0.5, 0.6) is 0 Å². The molecule has 0 saturated carbocycles. The highest BCUT2D eigenvalue weighted by Gasteiger charge is 2.22. The lowest BCUT2D eigenvalue weighted by molar-refractivity contribution is 0.128. The van der Waals surface area contributed by atoms with Crippen molar-refractivity contribution in [1.29, 1.82) is 0 Å². The van der Waals surface area contributed by atoms with Crippen molar-refractivity contribution >= 4 is 6.09 Å². The maximum atomic E-state index is 10.8. The quantitative estimate of drug-likeness (QED) is 0.878. The van der Waals surface area contributed by atoms with Crippen molar-refractivity contribution in [3.8, 4) is 11.4 Å². The number of carbonyl (C=O) groups is 1. The minimum atomic E-state index is -0.850. The van der Waals surface area contributed by atoms with Crippen molar-refractivity contribution in [1.82, 2.24) is 25.3 Å². The molecule has 8 heteroatoms. The van der Waals surface area contributed by atoms with Crippen molar-refractivity contribution in [2.45, 2.75) is 25.4 Å². The summed E-state index contributed by atoms with van der Waals surface area (Å²) >= 11 is 0. The maximum Gasteiger partial charge on any atom is 0.407 e. The topological polar surface area (TPSA) is 104 Å². The van der Waals surface area contributed by atoms with Gasteiger partial charge in [0.1, 0.15) is 0 Å². The Morgan fingerprint density at radius 3 is 2.77 bits per heavy atom. The van der Waals surface area contributed by atoms with Crippen LogP contribution in [0.3, 0.4) is 0 Å². The Morgan fingerprint density at radius 2 is 2.09 bits per heavy atom. The summed E-state index contributed by atoms with van der Waals surface area (Å²) in [5, 5.41) is 16.2. The molecule has 1 aliphatic heterocycles. The second-order valence-corrected chi connectivity index (χ2v) is 5.17. The Labute approximate surface area is 127 Å². The van der Waals surface area contributed by atoms with Crippen LogP contribution in [0.25, 0.3) is 11.4 Å². The molecule has 0 unspecified atom stereocenters. The van der Waals surface area contributed by atoms with Crippen LogP contribution in [0.2, 0.25) is 0 Å². The summed E-state index contributed by atoms with van der Waals surface area (Å²) in [6.45, 7) is 1.59. The highest BCUT2D eigenvalue weighted by Crippen LogP contribution is 2.15. The lowest BCUT2D eigenvalue weighted by atomic mass is 10.1. The first-order valence-electron chi connectivity index (χ1n) is 7.16. The summed E-state index contributed by atoms with van der Waals surface area (Å²) in [6.07, 6.45) is 4.09. The number of pyridine rings is 1. The number of hydrogen-bond acceptors (Lipinski definition) is 6. The van der Waals surface area contributed by atoms with E-state index in [0.717, 1.165) is 18.4 Å². The lowest BCUT2D eigenvalue weighted by Gasteiger charge is -2.30. The van der Waals surface area contributed by atoms with Crippen LogP contribution < -0.4 is 5.32 Å². The van der Waals surface area contributed by atoms with Gasteiger partial charge in [0.15, 0.2) is 0 Å². The van der Waals surface area contributed by atoms with Gasteiger partial charge >= 0.3 is 6.09 Å². The van der Waals surface area contributed by atoms with Gasteiger partial charge in [0.25, 0.3) is 0 Å². The molecule has 3 rings (SSSR count). The zero-order chi connectivity index (χ0) is 15.4. The Kier molecular flexibility index (Phi) is 4.29. The van der Waals surface area contributed by atoms with E-state index in [2.05, 4.69) is 20.4 Å². The molecule has 1 amide bonds. The fourth-order valence-electron chi connectivity index (χ4n) is 2.45. The number of nitrogens with one attached hydrogen (secondary N) is 1. The molecule has 2 N–H and O–H groups in total. The number of piperidine rings is 1. The summed E-state index contributed by atoms with van der Waals surface area (Å²) in [7, 11) is 0. The van der Waals surface area contributed by atoms with E-state index in [1.807, 2.05) is 12.1 Å². The molecule has 22 heavy (non-hydrogen) atoms. The molecule has 1 fully saturated rings. The molecule has 0 aliphatic carbocycles. The molecule has 2 aromatic rings. The molecule has 116 valence electrons. The minimum absolute atomic E-state index is 0.270. The number of aromatic nitrogens is 3. The fraction of sp³-hybridized carbons (Fsp3) is 0.429. The van der Waals surface area contributed by atoms with Gasteiger partial charge in [0.05, 0.1) is 6.54 Å². The van der Waals surface area contributed by atoms with Crippen molar-refractivity contribution in [2.75, 3.05) is 13.1 Å². The lowest BCUT2D eigenvalue weighted by Crippen LogP contribution is -2.44. The van der Waals surface area contributed by atoms with Crippen LogP contribution in [0.4, 0.5) is 4.79 Å². The molecular formula is C14H17N5O3. The Balaban J connectivity index is 1.51. The standard InChI is InChI=1S/C14H17N5O3/c20-14(21)19-7-3-11(4-8-19)16-9-12-17-13(18-22-12)10-1-5-15-6-2-10/h1-2,5-6,11,16H,3-4,7-9H2,(H,20,21). The van der Waals surface area contributed by atoms with Gasteiger partial charge in [-0.1, -0.05) is 5.16 Å². The average Bonchev–Trinajstić information content (AvgIpc) is 3.03. The maximum absolute atomic E-state index is 10.8. The Morgan fingerprint density at radius 1 is 1.36 bits per heavy atom. The summed E-state index contributed by atoms with van der Waals surface area (Å²) in [5.74, 6) is 1.06. The van der Waals surface area contributed by atoms with Crippen LogP contribution in [0.1, 0.15) is 18.7 Å². The third-order valence-corrected chi connectivity index (χ3v) is 3.71. The zero-order valence-electron chi connectivity index (χ0n) is 12.0. The van der Waals surface area contributed by atoms with Gasteiger partial charge in [-0.3, -0.25) is 4.98 Å². The van der Waals surface area contributed by atoms with Crippen LogP contribution >= 0.6 is 0 Å². The first-order chi connectivity index (χ1) is 10.7. The third-order valence-electron chi connectivity index (χ3n) is 3.71. The molecule has 1 aliphatic rings. The van der Waals surface area contributed by atoms with Gasteiger partial charge in [-0.2, -0.15) is 4.98 Å². The van der Waals surface area contributed by atoms with Gasteiger partial charge in [-0.25, -0.2) is 4.79 Å². The highest BCUT2D eigenvalue weighted by atomic mass is 16.5. The second-order valence-electron chi connectivity index (χ2n) is 5.17. The number of rotatable bonds is 4. The van der Waals surface area contributed by atoms with Crippen molar-refractivity contribution in [3.63, 3.8) is 0 Å². The van der Waals surface area contributed by atoms with E-state index in [9.17, 15) is 4.79 Å². The summed E-state index contributed by atoms with van der Waals surface area (Å²) in [6, 6.07) is 3.92. The normalized spacial score (nSPS) is 15.9. The smallest absolute Gasteiger partial charge is 0.407 e. The van der Waals surface area contributed by atoms with Crippen LogP contribution in [-0.2, 0) is 6.54 Å². The molecule has 8 nitrogen and oxygen atoms in total. The molecule has 0 spiro atoms. The SMILES string of the molecule is O=C(O)N1CCC(NCc2nc(-c3ccncc3)no2)CC1. The van der Waals surface area contributed by atoms with E-state index in [0.29, 0.717) is 31.3 Å². The monoisotopic (exact) mass is 303 g/mol. The molecular weight excluding hydrogens is 286 g/mol. The Hall–Kier alpha value is -2.48. The van der Waals surface area contributed by atoms with E-state index in [4.69, 9.17) is 9.63 Å². The predicted molar refractivity (Wildman–Crippen MR) is 77.0 cm³/mol. The number of carboxylic acid groups (broad SMARTS) is 1. The molecule has 0 bridgehead atoms. The van der Waals surface area contributed by atoms with Crippen LogP contribution in [0, 0.1) is 0 Å². The van der Waals surface area contributed by atoms with E-state index < -0.39 is 6.09 Å². The van der Waals surface area contributed by atoms with Gasteiger partial charge in [-0.05, 0) is 25.0 Å². The van der Waals surface area contributed by atoms with Crippen molar-refractivity contribution in [3.05, 3.63) is 30.4 Å². The Bertz CT molecular complexity index is 622. The molecule has 0 aromatic carbocycles. The number of hydrogen-bond donors (Lipinski definition) is 2. The van der Waals surface area contributed by atoms with Crippen molar-refractivity contribution in [2.24, 2.45) is 0 Å². The first kappa shape index (κ1) is 14.5. The summed E-state index contributed by atoms with van der Waals surface area (Å²) in [5.41, 5.74) is 0.861. The first-order valence-corrected chi connectivity index (χ1v) is 7.16. The van der Waals surface area contributed by atoms with E-state index in [1.165, 1.54) is 4.90 Å². The van der Waals surface area contributed by atoms with E-state index in [1.54, 1.807) is 12.4 Å². The predicted octanol–water partition coefficient (Wildman–Crippen LogP) is 1.36. The largest absolute Gasteiger partial charge is 0.465 e. The molecule has 3 heterocycles. The van der Waals surface area contributed by atoms with Crippen molar-refractivity contribution < 1.29 is 14.4 Å². The van der Waals surface area contributed by atoms with Crippen LogP contribution in [0.15, 0.2) is 29.0 Å². The molecule has 0 atom stereocenters. The molecule has 1 saturated heterocycles. The third kappa shape index (κ3) is 3.40. The van der Waals surface area contributed by atoms with Crippen LogP contribution in [-0.4, -0.2) is 50.4 Å². The minimum Gasteiger partial charge on any atom is -0.465 e. The zero-order valence-corrected chi connectivity index (χ0v) is 12.0.